The van der Waals surface area contributed by atoms with Crippen LogP contribution < -0.4 is 10.6 Å². The second-order valence-corrected chi connectivity index (χ2v) is 7.69. The standard InChI is InChI=1S/C14H18N4O4S2/c1-10-9-23-13(16-10)8-15-14(19)17-11-4-6-12(7-5-11)24(20,21)18(2)22-3/h4-7,9H,8H2,1-3H3,(H2,15,17,19). The highest BCUT2D eigenvalue weighted by atomic mass is 32.2. The van der Waals surface area contributed by atoms with Crippen molar-refractivity contribution in [2.24, 2.45) is 0 Å². The summed E-state index contributed by atoms with van der Waals surface area (Å²) < 4.78 is 24.9. The van der Waals surface area contributed by atoms with Crippen LogP contribution in [0.2, 0.25) is 0 Å². The number of sulfonamides is 1. The summed E-state index contributed by atoms with van der Waals surface area (Å²) >= 11 is 1.47. The first kappa shape index (κ1) is 18.3. The zero-order valence-corrected chi connectivity index (χ0v) is 15.1. The van der Waals surface area contributed by atoms with Crippen LogP contribution in [-0.2, 0) is 21.4 Å². The van der Waals surface area contributed by atoms with Crippen molar-refractivity contribution in [3.63, 3.8) is 0 Å². The van der Waals surface area contributed by atoms with E-state index < -0.39 is 16.1 Å². The van der Waals surface area contributed by atoms with Crippen LogP contribution in [0, 0.1) is 6.92 Å². The summed E-state index contributed by atoms with van der Waals surface area (Å²) in [4.78, 5) is 20.8. The fourth-order valence-electron chi connectivity index (χ4n) is 1.77. The number of hydrogen-bond donors (Lipinski definition) is 2. The van der Waals surface area contributed by atoms with Crippen molar-refractivity contribution in [1.29, 1.82) is 0 Å². The van der Waals surface area contributed by atoms with Crippen LogP contribution in [0.15, 0.2) is 34.5 Å². The zero-order chi connectivity index (χ0) is 17.7. The van der Waals surface area contributed by atoms with Gasteiger partial charge in [0.05, 0.1) is 18.6 Å². The Kier molecular flexibility index (Phi) is 5.89. The van der Waals surface area contributed by atoms with Crippen LogP contribution >= 0.6 is 11.3 Å². The van der Waals surface area contributed by atoms with E-state index in [-0.39, 0.29) is 4.90 Å². The third kappa shape index (κ3) is 4.51. The molecule has 2 aromatic rings. The number of amides is 2. The second kappa shape index (κ2) is 7.71. The maximum absolute atomic E-state index is 12.1. The number of urea groups is 1. The van der Waals surface area contributed by atoms with E-state index in [0.717, 1.165) is 15.2 Å². The minimum absolute atomic E-state index is 0.0658. The lowest BCUT2D eigenvalue weighted by molar-refractivity contribution is -0.0258. The summed E-state index contributed by atoms with van der Waals surface area (Å²) in [7, 11) is -1.14. The maximum Gasteiger partial charge on any atom is 0.319 e. The van der Waals surface area contributed by atoms with Crippen molar-refractivity contribution >= 4 is 33.1 Å². The van der Waals surface area contributed by atoms with Gasteiger partial charge >= 0.3 is 6.03 Å². The molecule has 0 fully saturated rings. The van der Waals surface area contributed by atoms with Crippen LogP contribution in [0.3, 0.4) is 0 Å². The topological polar surface area (TPSA) is 101 Å². The number of benzene rings is 1. The number of anilines is 1. The Bertz CT molecular complexity index is 802. The summed E-state index contributed by atoms with van der Waals surface area (Å²) in [6.07, 6.45) is 0. The van der Waals surface area contributed by atoms with Gasteiger partial charge in [-0.05, 0) is 31.2 Å². The lowest BCUT2D eigenvalue weighted by Gasteiger charge is -2.14. The Morgan fingerprint density at radius 3 is 2.54 bits per heavy atom. The molecule has 0 aliphatic heterocycles. The van der Waals surface area contributed by atoms with Crippen LogP contribution in [0.5, 0.6) is 0 Å². The molecule has 0 radical (unpaired) electrons. The van der Waals surface area contributed by atoms with Crippen molar-refractivity contribution in [1.82, 2.24) is 14.8 Å². The van der Waals surface area contributed by atoms with Crippen molar-refractivity contribution in [3.8, 4) is 0 Å². The Hall–Kier alpha value is -2.01. The van der Waals surface area contributed by atoms with E-state index in [1.54, 1.807) is 0 Å². The molecule has 24 heavy (non-hydrogen) atoms. The van der Waals surface area contributed by atoms with Gasteiger partial charge in [0.15, 0.2) is 0 Å². The molecule has 8 nitrogen and oxygen atoms in total. The van der Waals surface area contributed by atoms with Crippen LogP contribution in [0.4, 0.5) is 10.5 Å². The van der Waals surface area contributed by atoms with Gasteiger partial charge in [-0.1, -0.05) is 4.47 Å². The summed E-state index contributed by atoms with van der Waals surface area (Å²) in [6, 6.07) is 5.40. The number of aromatic nitrogens is 1. The Morgan fingerprint density at radius 2 is 2.00 bits per heavy atom. The highest BCUT2D eigenvalue weighted by Crippen LogP contribution is 2.17. The fourth-order valence-corrected chi connectivity index (χ4v) is 3.46. The normalized spacial score (nSPS) is 11.5. The SMILES string of the molecule is CON(C)S(=O)(=O)c1ccc(NC(=O)NCc2nc(C)cs2)cc1. The highest BCUT2D eigenvalue weighted by molar-refractivity contribution is 7.89. The quantitative estimate of drug-likeness (QED) is 0.757. The first-order valence-corrected chi connectivity index (χ1v) is 9.24. The molecule has 1 aromatic heterocycles. The van der Waals surface area contributed by atoms with Crippen molar-refractivity contribution in [2.75, 3.05) is 19.5 Å². The Morgan fingerprint density at radius 1 is 1.33 bits per heavy atom. The average Bonchev–Trinajstić information content (AvgIpc) is 2.98. The molecule has 1 aromatic carbocycles. The molecule has 0 bridgehead atoms. The molecule has 2 rings (SSSR count). The zero-order valence-electron chi connectivity index (χ0n) is 13.4. The van der Waals surface area contributed by atoms with E-state index >= 15 is 0 Å². The van der Waals surface area contributed by atoms with E-state index in [0.29, 0.717) is 12.2 Å². The average molecular weight is 370 g/mol. The molecule has 0 unspecified atom stereocenters. The van der Waals surface area contributed by atoms with E-state index in [1.165, 1.54) is 49.8 Å². The van der Waals surface area contributed by atoms with Crippen molar-refractivity contribution in [2.45, 2.75) is 18.4 Å². The molecule has 0 atom stereocenters. The van der Waals surface area contributed by atoms with E-state index in [4.69, 9.17) is 4.84 Å². The predicted molar refractivity (Wildman–Crippen MR) is 91.1 cm³/mol. The maximum atomic E-state index is 12.1. The van der Waals surface area contributed by atoms with Gasteiger partial charge in [0, 0.05) is 23.8 Å². The third-order valence-corrected chi connectivity index (χ3v) is 5.73. The lowest BCUT2D eigenvalue weighted by atomic mass is 10.3. The van der Waals surface area contributed by atoms with E-state index in [9.17, 15) is 13.2 Å². The number of hydrogen-bond acceptors (Lipinski definition) is 6. The third-order valence-electron chi connectivity index (χ3n) is 3.07. The molecule has 1 heterocycles. The van der Waals surface area contributed by atoms with Gasteiger partial charge in [0.1, 0.15) is 5.01 Å². The molecule has 2 amide bonds. The van der Waals surface area contributed by atoms with Gasteiger partial charge in [-0.3, -0.25) is 4.84 Å². The fraction of sp³-hybridized carbons (Fsp3) is 0.286. The second-order valence-electron chi connectivity index (χ2n) is 4.81. The number of rotatable bonds is 6. The number of thiazole rings is 1. The van der Waals surface area contributed by atoms with Crippen molar-refractivity contribution in [3.05, 3.63) is 40.3 Å². The van der Waals surface area contributed by atoms with Crippen molar-refractivity contribution < 1.29 is 18.0 Å². The van der Waals surface area contributed by atoms with Gasteiger partial charge in [-0.15, -0.1) is 11.3 Å². The van der Waals surface area contributed by atoms with Gasteiger partial charge in [-0.2, -0.15) is 0 Å². The molecule has 0 saturated carbocycles. The van der Waals surface area contributed by atoms with Crippen LogP contribution in [0.25, 0.3) is 0 Å². The number of carbonyl (C=O) groups excluding carboxylic acids is 1. The number of carbonyl (C=O) groups is 1. The molecule has 2 N–H and O–H groups in total. The van der Waals surface area contributed by atoms with Crippen LogP contribution in [-0.4, -0.2) is 38.1 Å². The number of aryl methyl sites for hydroxylation is 1. The van der Waals surface area contributed by atoms with Gasteiger partial charge < -0.3 is 10.6 Å². The van der Waals surface area contributed by atoms with Gasteiger partial charge in [0.2, 0.25) is 0 Å². The minimum atomic E-state index is -3.70. The highest BCUT2D eigenvalue weighted by Gasteiger charge is 2.20. The number of hydroxylamine groups is 1. The van der Waals surface area contributed by atoms with Crippen LogP contribution in [0.1, 0.15) is 10.7 Å². The summed E-state index contributed by atoms with van der Waals surface area (Å²) in [5.74, 6) is 0. The first-order valence-electron chi connectivity index (χ1n) is 6.92. The summed E-state index contributed by atoms with van der Waals surface area (Å²) in [5, 5.41) is 8.03. The smallest absolute Gasteiger partial charge is 0.319 e. The molecule has 10 heteroatoms. The minimum Gasteiger partial charge on any atom is -0.331 e. The summed E-state index contributed by atoms with van der Waals surface area (Å²) in [6.45, 7) is 2.21. The molecule has 130 valence electrons. The molecule has 0 saturated heterocycles. The van der Waals surface area contributed by atoms with Gasteiger partial charge in [-0.25, -0.2) is 18.2 Å². The monoisotopic (exact) mass is 370 g/mol. The largest absolute Gasteiger partial charge is 0.331 e. The molecule has 0 aliphatic rings. The molecular weight excluding hydrogens is 352 g/mol. The summed E-state index contributed by atoms with van der Waals surface area (Å²) in [5.41, 5.74) is 1.39. The Balaban J connectivity index is 1.95. The Labute approximate surface area is 144 Å². The molecule has 0 spiro atoms. The van der Waals surface area contributed by atoms with Gasteiger partial charge in [0.25, 0.3) is 10.0 Å². The van der Waals surface area contributed by atoms with E-state index in [1.807, 2.05) is 12.3 Å². The number of nitrogens with one attached hydrogen (secondary N) is 2. The lowest BCUT2D eigenvalue weighted by Crippen LogP contribution is -2.28. The predicted octanol–water partition coefficient (Wildman–Crippen LogP) is 1.96. The number of nitrogens with zero attached hydrogens (tertiary/aromatic N) is 2. The van der Waals surface area contributed by atoms with E-state index in [2.05, 4.69) is 15.6 Å². The first-order chi connectivity index (χ1) is 11.3. The molecule has 0 aliphatic carbocycles. The molecular formula is C14H18N4O4S2.